The number of rotatable bonds is 2. The van der Waals surface area contributed by atoms with E-state index in [2.05, 4.69) is 4.98 Å². The summed E-state index contributed by atoms with van der Waals surface area (Å²) in [6.45, 7) is 3.77. The van der Waals surface area contributed by atoms with Gasteiger partial charge in [-0.2, -0.15) is 0 Å². The fourth-order valence-electron chi connectivity index (χ4n) is 1.61. The van der Waals surface area contributed by atoms with Gasteiger partial charge in [0.2, 0.25) is 0 Å². The fourth-order valence-corrected chi connectivity index (χ4v) is 1.61. The van der Waals surface area contributed by atoms with Crippen LogP contribution in [0.5, 0.6) is 0 Å². The second-order valence-corrected chi connectivity index (χ2v) is 4.20. The third-order valence-electron chi connectivity index (χ3n) is 2.52. The number of anilines is 1. The summed E-state index contributed by atoms with van der Waals surface area (Å²) >= 11 is 0. The molecular formula is C13H14N2O. The molecule has 82 valence electrons. The summed E-state index contributed by atoms with van der Waals surface area (Å²) in [5.74, 6) is 0.110. The minimum atomic E-state index is -0.00645. The Bertz CT molecular complexity index is 547. The summed E-state index contributed by atoms with van der Waals surface area (Å²) < 4.78 is 0. The lowest BCUT2D eigenvalue weighted by atomic mass is 10.0. The molecule has 0 spiro atoms. The van der Waals surface area contributed by atoms with Crippen molar-refractivity contribution in [2.45, 2.75) is 13.8 Å². The minimum Gasteiger partial charge on any atom is -0.399 e. The van der Waals surface area contributed by atoms with Gasteiger partial charge in [-0.15, -0.1) is 0 Å². The summed E-state index contributed by atoms with van der Waals surface area (Å²) in [6.07, 6.45) is 1.62. The molecule has 0 aliphatic heterocycles. The highest BCUT2D eigenvalue weighted by Crippen LogP contribution is 2.18. The molecule has 0 saturated heterocycles. The predicted octanol–water partition coefficient (Wildman–Crippen LogP) is 2.66. The van der Waals surface area contributed by atoms with Crippen LogP contribution in [0.25, 0.3) is 10.9 Å². The number of hydrogen-bond donors (Lipinski definition) is 1. The van der Waals surface area contributed by atoms with Crippen LogP contribution < -0.4 is 5.73 Å². The molecule has 2 N–H and O–H groups in total. The number of carbonyl (C=O) groups is 1. The zero-order valence-electron chi connectivity index (χ0n) is 9.40. The molecular weight excluding hydrogens is 200 g/mol. The molecule has 3 nitrogen and oxygen atoms in total. The first-order chi connectivity index (χ1) is 7.58. The van der Waals surface area contributed by atoms with Gasteiger partial charge in [0.15, 0.2) is 5.78 Å². The van der Waals surface area contributed by atoms with Gasteiger partial charge < -0.3 is 5.73 Å². The normalized spacial score (nSPS) is 10.9. The van der Waals surface area contributed by atoms with Gasteiger partial charge in [0.1, 0.15) is 0 Å². The van der Waals surface area contributed by atoms with Crippen molar-refractivity contribution in [3.8, 4) is 0 Å². The van der Waals surface area contributed by atoms with Gasteiger partial charge in [-0.05, 0) is 18.2 Å². The molecule has 0 atom stereocenters. The number of fused-ring (bicyclic) bond motifs is 1. The Morgan fingerprint density at radius 2 is 2.06 bits per heavy atom. The lowest BCUT2D eigenvalue weighted by Gasteiger charge is -2.05. The summed E-state index contributed by atoms with van der Waals surface area (Å²) in [5, 5.41) is 0.945. The maximum atomic E-state index is 11.8. The molecule has 0 amide bonds. The first kappa shape index (κ1) is 10.6. The molecule has 0 saturated carbocycles. The Hall–Kier alpha value is -1.90. The molecule has 1 aromatic carbocycles. The zero-order valence-corrected chi connectivity index (χ0v) is 9.40. The highest BCUT2D eigenvalue weighted by Gasteiger charge is 2.11. The summed E-state index contributed by atoms with van der Waals surface area (Å²) in [7, 11) is 0. The molecule has 2 rings (SSSR count). The number of nitrogens with two attached hydrogens (primary N) is 1. The van der Waals surface area contributed by atoms with E-state index in [9.17, 15) is 4.79 Å². The van der Waals surface area contributed by atoms with Crippen molar-refractivity contribution in [1.82, 2.24) is 4.98 Å². The number of Topliss-reactive ketones (excluding diaryl/α,β-unsaturated/α-hetero) is 1. The van der Waals surface area contributed by atoms with Gasteiger partial charge in [-0.3, -0.25) is 9.78 Å². The van der Waals surface area contributed by atoms with E-state index in [-0.39, 0.29) is 11.7 Å². The molecule has 0 radical (unpaired) electrons. The molecule has 16 heavy (non-hydrogen) atoms. The van der Waals surface area contributed by atoms with Gasteiger partial charge >= 0.3 is 0 Å². The largest absolute Gasteiger partial charge is 0.399 e. The molecule has 0 fully saturated rings. The maximum Gasteiger partial charge on any atom is 0.166 e. The van der Waals surface area contributed by atoms with Crippen molar-refractivity contribution < 1.29 is 4.79 Å². The van der Waals surface area contributed by atoms with Gasteiger partial charge in [0.25, 0.3) is 0 Å². The van der Waals surface area contributed by atoms with E-state index in [1.54, 1.807) is 12.3 Å². The van der Waals surface area contributed by atoms with Crippen LogP contribution in [0.15, 0.2) is 30.5 Å². The van der Waals surface area contributed by atoms with Crippen molar-refractivity contribution >= 4 is 22.4 Å². The minimum absolute atomic E-state index is 0.00645. The smallest absolute Gasteiger partial charge is 0.166 e. The SMILES string of the molecule is CC(C)C(=O)c1cnc2cc(N)ccc2c1. The van der Waals surface area contributed by atoms with Crippen LogP contribution in [0.4, 0.5) is 5.69 Å². The molecule has 0 aliphatic carbocycles. The van der Waals surface area contributed by atoms with E-state index in [4.69, 9.17) is 5.73 Å². The quantitative estimate of drug-likeness (QED) is 0.617. The number of aromatic nitrogens is 1. The number of ketones is 1. The highest BCUT2D eigenvalue weighted by atomic mass is 16.1. The highest BCUT2D eigenvalue weighted by molar-refractivity contribution is 6.00. The predicted molar refractivity (Wildman–Crippen MR) is 65.3 cm³/mol. The molecule has 2 aromatic rings. The number of benzene rings is 1. The Morgan fingerprint density at radius 1 is 1.31 bits per heavy atom. The third kappa shape index (κ3) is 1.89. The summed E-state index contributed by atoms with van der Waals surface area (Å²) in [6, 6.07) is 7.37. The Kier molecular flexibility index (Phi) is 2.60. The van der Waals surface area contributed by atoms with E-state index in [0.29, 0.717) is 11.3 Å². The third-order valence-corrected chi connectivity index (χ3v) is 2.52. The van der Waals surface area contributed by atoms with Gasteiger partial charge in [0.05, 0.1) is 5.52 Å². The lowest BCUT2D eigenvalue weighted by molar-refractivity contribution is 0.0939. The van der Waals surface area contributed by atoms with Crippen LogP contribution in [0.3, 0.4) is 0 Å². The van der Waals surface area contributed by atoms with Gasteiger partial charge in [-0.25, -0.2) is 0 Å². The van der Waals surface area contributed by atoms with Gasteiger partial charge in [0, 0.05) is 28.8 Å². The Balaban J connectivity index is 2.52. The van der Waals surface area contributed by atoms with Crippen LogP contribution in [-0.2, 0) is 0 Å². The molecule has 0 unspecified atom stereocenters. The Morgan fingerprint density at radius 3 is 2.75 bits per heavy atom. The number of pyridine rings is 1. The van der Waals surface area contributed by atoms with E-state index in [1.165, 1.54) is 0 Å². The van der Waals surface area contributed by atoms with Crippen molar-refractivity contribution in [1.29, 1.82) is 0 Å². The van der Waals surface area contributed by atoms with E-state index in [1.807, 2.05) is 32.0 Å². The summed E-state index contributed by atoms with van der Waals surface area (Å²) in [5.41, 5.74) is 7.83. The molecule has 3 heteroatoms. The monoisotopic (exact) mass is 214 g/mol. The van der Waals surface area contributed by atoms with Crippen LogP contribution in [-0.4, -0.2) is 10.8 Å². The number of nitrogens with zero attached hydrogens (tertiary/aromatic N) is 1. The first-order valence-electron chi connectivity index (χ1n) is 5.27. The lowest BCUT2D eigenvalue weighted by Crippen LogP contribution is -2.07. The van der Waals surface area contributed by atoms with Crippen LogP contribution in [0.2, 0.25) is 0 Å². The molecule has 0 aliphatic rings. The first-order valence-corrected chi connectivity index (χ1v) is 5.27. The topological polar surface area (TPSA) is 56.0 Å². The second kappa shape index (κ2) is 3.93. The van der Waals surface area contributed by atoms with Crippen molar-refractivity contribution in [2.75, 3.05) is 5.73 Å². The van der Waals surface area contributed by atoms with E-state index < -0.39 is 0 Å². The second-order valence-electron chi connectivity index (χ2n) is 4.20. The fraction of sp³-hybridized carbons (Fsp3) is 0.231. The Labute approximate surface area is 94.3 Å². The summed E-state index contributed by atoms with van der Waals surface area (Å²) in [4.78, 5) is 16.0. The average Bonchev–Trinajstić information content (AvgIpc) is 2.27. The molecule has 1 aromatic heterocycles. The zero-order chi connectivity index (χ0) is 11.7. The van der Waals surface area contributed by atoms with Crippen molar-refractivity contribution in [3.05, 3.63) is 36.0 Å². The van der Waals surface area contributed by atoms with E-state index in [0.717, 1.165) is 10.9 Å². The number of hydrogen-bond acceptors (Lipinski definition) is 3. The number of carbonyl (C=O) groups excluding carboxylic acids is 1. The van der Waals surface area contributed by atoms with Crippen molar-refractivity contribution in [2.24, 2.45) is 5.92 Å². The van der Waals surface area contributed by atoms with Crippen LogP contribution in [0, 0.1) is 5.92 Å². The maximum absolute atomic E-state index is 11.8. The molecule has 1 heterocycles. The average molecular weight is 214 g/mol. The standard InChI is InChI=1S/C13H14N2O/c1-8(2)13(16)10-5-9-3-4-11(14)6-12(9)15-7-10/h3-8H,14H2,1-2H3. The number of nitrogen functional groups attached to an aromatic ring is 1. The van der Waals surface area contributed by atoms with Crippen LogP contribution >= 0.6 is 0 Å². The van der Waals surface area contributed by atoms with Gasteiger partial charge in [-0.1, -0.05) is 19.9 Å². The molecule has 0 bridgehead atoms. The van der Waals surface area contributed by atoms with Crippen molar-refractivity contribution in [3.63, 3.8) is 0 Å². The van der Waals surface area contributed by atoms with Crippen LogP contribution in [0.1, 0.15) is 24.2 Å². The van der Waals surface area contributed by atoms with E-state index >= 15 is 0 Å².